The van der Waals surface area contributed by atoms with E-state index in [1.165, 1.54) is 36.4 Å². The number of aromatic hydroxyl groups is 1. The van der Waals surface area contributed by atoms with Gasteiger partial charge in [-0.3, -0.25) is 10.1 Å². The SMILES string of the molecule is O=C(O)c1cc(-c2ccc(O)cc2)nc2ccc([N+](=O)[O-])cc12. The van der Waals surface area contributed by atoms with Gasteiger partial charge in [-0.15, -0.1) is 0 Å². The highest BCUT2D eigenvalue weighted by atomic mass is 16.6. The summed E-state index contributed by atoms with van der Waals surface area (Å²) in [6.07, 6.45) is 0. The number of hydrogen-bond acceptors (Lipinski definition) is 5. The van der Waals surface area contributed by atoms with Crippen molar-refractivity contribution in [2.45, 2.75) is 0 Å². The van der Waals surface area contributed by atoms with E-state index in [1.807, 2.05) is 0 Å². The summed E-state index contributed by atoms with van der Waals surface area (Å²) in [5.74, 6) is -1.11. The van der Waals surface area contributed by atoms with Gasteiger partial charge in [-0.2, -0.15) is 0 Å². The number of non-ortho nitro benzene ring substituents is 1. The topological polar surface area (TPSA) is 114 Å². The number of phenolic OH excluding ortho intramolecular Hbond substituents is 1. The molecule has 0 saturated heterocycles. The lowest BCUT2D eigenvalue weighted by Crippen LogP contribution is -2.01. The predicted molar refractivity (Wildman–Crippen MR) is 82.5 cm³/mol. The molecule has 3 rings (SSSR count). The van der Waals surface area contributed by atoms with Crippen molar-refractivity contribution in [3.05, 3.63) is 64.2 Å². The van der Waals surface area contributed by atoms with Gasteiger partial charge < -0.3 is 10.2 Å². The van der Waals surface area contributed by atoms with E-state index in [2.05, 4.69) is 4.98 Å². The van der Waals surface area contributed by atoms with E-state index in [0.717, 1.165) is 0 Å². The minimum Gasteiger partial charge on any atom is -0.508 e. The third kappa shape index (κ3) is 2.67. The smallest absolute Gasteiger partial charge is 0.336 e. The van der Waals surface area contributed by atoms with Crippen LogP contribution in [-0.4, -0.2) is 26.1 Å². The number of phenols is 1. The van der Waals surface area contributed by atoms with E-state index in [9.17, 15) is 25.1 Å². The van der Waals surface area contributed by atoms with Crippen LogP contribution in [0.5, 0.6) is 5.75 Å². The number of benzene rings is 2. The second kappa shape index (κ2) is 5.38. The second-order valence-electron chi connectivity index (χ2n) is 4.87. The number of fused-ring (bicyclic) bond motifs is 1. The van der Waals surface area contributed by atoms with E-state index in [-0.39, 0.29) is 22.4 Å². The van der Waals surface area contributed by atoms with Crippen LogP contribution in [0.25, 0.3) is 22.2 Å². The van der Waals surface area contributed by atoms with E-state index in [4.69, 9.17) is 0 Å². The number of aromatic carboxylic acids is 1. The van der Waals surface area contributed by atoms with Crippen molar-refractivity contribution in [3.8, 4) is 17.0 Å². The average molecular weight is 310 g/mol. The Bertz CT molecular complexity index is 935. The fourth-order valence-corrected chi connectivity index (χ4v) is 2.28. The summed E-state index contributed by atoms with van der Waals surface area (Å²) in [6, 6.07) is 11.4. The number of aromatic nitrogens is 1. The van der Waals surface area contributed by atoms with Gasteiger partial charge in [-0.25, -0.2) is 9.78 Å². The first kappa shape index (κ1) is 14.5. The van der Waals surface area contributed by atoms with Crippen molar-refractivity contribution in [1.29, 1.82) is 0 Å². The molecule has 0 amide bonds. The van der Waals surface area contributed by atoms with Gasteiger partial charge in [-0.1, -0.05) is 0 Å². The Morgan fingerprint density at radius 1 is 1.09 bits per heavy atom. The molecule has 114 valence electrons. The van der Waals surface area contributed by atoms with Crippen LogP contribution >= 0.6 is 0 Å². The summed E-state index contributed by atoms with van der Waals surface area (Å²) >= 11 is 0. The van der Waals surface area contributed by atoms with Crippen molar-refractivity contribution >= 4 is 22.6 Å². The van der Waals surface area contributed by atoms with E-state index in [0.29, 0.717) is 16.8 Å². The molecule has 2 aromatic carbocycles. The third-order valence-corrected chi connectivity index (χ3v) is 3.40. The number of nitrogens with zero attached hydrogens (tertiary/aromatic N) is 2. The Morgan fingerprint density at radius 2 is 1.78 bits per heavy atom. The summed E-state index contributed by atoms with van der Waals surface area (Å²) in [6.45, 7) is 0. The van der Waals surface area contributed by atoms with Gasteiger partial charge in [0.05, 0.1) is 21.7 Å². The molecule has 1 aromatic heterocycles. The summed E-state index contributed by atoms with van der Waals surface area (Å²) in [5, 5.41) is 29.8. The molecule has 7 nitrogen and oxygen atoms in total. The van der Waals surface area contributed by atoms with Crippen molar-refractivity contribution in [2.75, 3.05) is 0 Å². The normalized spacial score (nSPS) is 10.6. The maximum atomic E-state index is 11.5. The lowest BCUT2D eigenvalue weighted by Gasteiger charge is -2.07. The van der Waals surface area contributed by atoms with Gasteiger partial charge in [0.1, 0.15) is 5.75 Å². The summed E-state index contributed by atoms with van der Waals surface area (Å²) in [7, 11) is 0. The zero-order valence-electron chi connectivity index (χ0n) is 11.6. The van der Waals surface area contributed by atoms with Crippen molar-refractivity contribution < 1.29 is 19.9 Å². The second-order valence-corrected chi connectivity index (χ2v) is 4.87. The molecule has 0 atom stereocenters. The quantitative estimate of drug-likeness (QED) is 0.567. The molecular formula is C16H10N2O5. The summed E-state index contributed by atoms with van der Waals surface area (Å²) in [4.78, 5) is 26.1. The highest BCUT2D eigenvalue weighted by Gasteiger charge is 2.16. The molecule has 2 N–H and O–H groups in total. The number of nitro benzene ring substituents is 1. The van der Waals surface area contributed by atoms with Gasteiger partial charge in [0, 0.05) is 23.1 Å². The van der Waals surface area contributed by atoms with Crippen LogP contribution < -0.4 is 0 Å². The molecule has 0 aliphatic rings. The molecule has 0 unspecified atom stereocenters. The zero-order chi connectivity index (χ0) is 16.6. The summed E-state index contributed by atoms with van der Waals surface area (Å²) < 4.78 is 0. The van der Waals surface area contributed by atoms with Crippen LogP contribution in [0.15, 0.2) is 48.5 Å². The lowest BCUT2D eigenvalue weighted by atomic mass is 10.0. The number of nitro groups is 1. The van der Waals surface area contributed by atoms with Gasteiger partial charge in [-0.05, 0) is 36.4 Å². The maximum Gasteiger partial charge on any atom is 0.336 e. The highest BCUT2D eigenvalue weighted by molar-refractivity contribution is 6.04. The Kier molecular flexibility index (Phi) is 3.38. The van der Waals surface area contributed by atoms with Gasteiger partial charge in [0.15, 0.2) is 0 Å². The van der Waals surface area contributed by atoms with Gasteiger partial charge >= 0.3 is 5.97 Å². The minimum absolute atomic E-state index is 0.0678. The van der Waals surface area contributed by atoms with Crippen LogP contribution in [0.4, 0.5) is 5.69 Å². The van der Waals surface area contributed by atoms with Crippen molar-refractivity contribution in [3.63, 3.8) is 0 Å². The Labute approximate surface area is 129 Å². The molecule has 0 radical (unpaired) electrons. The predicted octanol–water partition coefficient (Wildman–Crippen LogP) is 3.21. The number of hydrogen-bond donors (Lipinski definition) is 2. The molecule has 0 aliphatic carbocycles. The molecule has 0 fully saturated rings. The molecular weight excluding hydrogens is 300 g/mol. The molecule has 0 saturated carbocycles. The molecule has 3 aromatic rings. The van der Waals surface area contributed by atoms with E-state index >= 15 is 0 Å². The highest BCUT2D eigenvalue weighted by Crippen LogP contribution is 2.28. The first-order chi connectivity index (χ1) is 11.0. The number of carboxylic acids is 1. The Hall–Kier alpha value is -3.48. The van der Waals surface area contributed by atoms with E-state index < -0.39 is 10.9 Å². The van der Waals surface area contributed by atoms with Crippen LogP contribution in [-0.2, 0) is 0 Å². The number of carbonyl (C=O) groups is 1. The molecule has 0 bridgehead atoms. The van der Waals surface area contributed by atoms with Crippen molar-refractivity contribution in [2.24, 2.45) is 0 Å². The zero-order valence-corrected chi connectivity index (χ0v) is 11.6. The standard InChI is InChI=1S/C16H10N2O5/c19-11-4-1-9(2-5-11)15-8-13(16(20)21)12-7-10(18(22)23)3-6-14(12)17-15/h1-8,19H,(H,20,21). The summed E-state index contributed by atoms with van der Waals surface area (Å²) in [5.41, 5.74) is 1.12. The molecule has 7 heteroatoms. The van der Waals surface area contributed by atoms with Gasteiger partial charge in [0.25, 0.3) is 5.69 Å². The first-order valence-corrected chi connectivity index (χ1v) is 6.57. The number of rotatable bonds is 3. The monoisotopic (exact) mass is 310 g/mol. The van der Waals surface area contributed by atoms with Crippen molar-refractivity contribution in [1.82, 2.24) is 4.98 Å². The van der Waals surface area contributed by atoms with Crippen LogP contribution in [0, 0.1) is 10.1 Å². The average Bonchev–Trinajstić information content (AvgIpc) is 2.53. The molecule has 0 aliphatic heterocycles. The Morgan fingerprint density at radius 3 is 2.39 bits per heavy atom. The fraction of sp³-hybridized carbons (Fsp3) is 0. The molecule has 23 heavy (non-hydrogen) atoms. The van der Waals surface area contributed by atoms with E-state index in [1.54, 1.807) is 12.1 Å². The van der Waals surface area contributed by atoms with Crippen LogP contribution in [0.1, 0.15) is 10.4 Å². The third-order valence-electron chi connectivity index (χ3n) is 3.40. The minimum atomic E-state index is -1.20. The van der Waals surface area contributed by atoms with Crippen LogP contribution in [0.2, 0.25) is 0 Å². The Balaban J connectivity index is 2.26. The number of pyridine rings is 1. The molecule has 0 spiro atoms. The number of carboxylic acid groups (broad SMARTS) is 1. The van der Waals surface area contributed by atoms with Gasteiger partial charge in [0.2, 0.25) is 0 Å². The van der Waals surface area contributed by atoms with Crippen LogP contribution in [0.3, 0.4) is 0 Å². The molecule has 1 heterocycles. The largest absolute Gasteiger partial charge is 0.508 e. The maximum absolute atomic E-state index is 11.5. The lowest BCUT2D eigenvalue weighted by molar-refractivity contribution is -0.384. The fourth-order valence-electron chi connectivity index (χ4n) is 2.28. The first-order valence-electron chi connectivity index (χ1n) is 6.57.